The van der Waals surface area contributed by atoms with Crippen molar-refractivity contribution in [2.45, 2.75) is 0 Å². The number of thiazole rings is 1. The van der Waals surface area contributed by atoms with Gasteiger partial charge in [0.05, 0.1) is 35.7 Å². The molecule has 7 nitrogen and oxygen atoms in total. The first-order valence-electron chi connectivity index (χ1n) is 7.98. The highest BCUT2D eigenvalue weighted by Gasteiger charge is 2.16. The molecule has 0 fully saturated rings. The second-order valence-corrected chi connectivity index (χ2v) is 6.72. The minimum atomic E-state index is -0.106. The number of nitrogens with zero attached hydrogens (tertiary/aromatic N) is 2. The van der Waals surface area contributed by atoms with E-state index < -0.39 is 0 Å². The Labute approximate surface area is 157 Å². The van der Waals surface area contributed by atoms with Crippen LogP contribution in [-0.4, -0.2) is 24.2 Å². The summed E-state index contributed by atoms with van der Waals surface area (Å²) in [6.07, 6.45) is 1.50. The van der Waals surface area contributed by atoms with Crippen LogP contribution in [0.3, 0.4) is 0 Å². The van der Waals surface area contributed by atoms with Crippen LogP contribution in [0, 0.1) is 11.3 Å². The number of aromatic nitrogens is 2. The Hall–Kier alpha value is -3.57. The highest BCUT2D eigenvalue weighted by atomic mass is 32.1. The summed E-state index contributed by atoms with van der Waals surface area (Å²) >= 11 is 1.14. The Balaban J connectivity index is 1.90. The third-order valence-corrected chi connectivity index (χ3v) is 5.04. The predicted molar refractivity (Wildman–Crippen MR) is 105 cm³/mol. The quantitative estimate of drug-likeness (QED) is 0.561. The summed E-state index contributed by atoms with van der Waals surface area (Å²) in [5.41, 5.74) is 3.15. The fraction of sp³-hybridized carbons (Fsp3) is 0.105. The number of methoxy groups -OCH3 is 2. The van der Waals surface area contributed by atoms with Crippen molar-refractivity contribution in [2.75, 3.05) is 19.5 Å². The summed E-state index contributed by atoms with van der Waals surface area (Å²) in [5.74, 6) is 1.06. The molecule has 0 saturated carbocycles. The molecule has 0 bridgehead atoms. The summed E-state index contributed by atoms with van der Waals surface area (Å²) in [4.78, 5) is 18.6. The lowest BCUT2D eigenvalue weighted by Gasteiger charge is -2.15. The number of benzene rings is 2. The van der Waals surface area contributed by atoms with E-state index in [1.165, 1.54) is 6.20 Å². The third-order valence-electron chi connectivity index (χ3n) is 4.19. The predicted octanol–water partition coefficient (Wildman–Crippen LogP) is 3.77. The van der Waals surface area contributed by atoms with E-state index in [0.717, 1.165) is 32.6 Å². The Bertz CT molecular complexity index is 1270. The smallest absolute Gasteiger partial charge is 0.305 e. The topological polar surface area (TPSA) is 100 Å². The number of hydrogen-bond acceptors (Lipinski definition) is 7. The molecule has 2 aromatic heterocycles. The summed E-state index contributed by atoms with van der Waals surface area (Å²) in [6.45, 7) is 0. The van der Waals surface area contributed by atoms with Crippen LogP contribution in [-0.2, 0) is 0 Å². The number of nitriles is 1. The van der Waals surface area contributed by atoms with Gasteiger partial charge in [-0.3, -0.25) is 9.78 Å². The average Bonchev–Trinajstić information content (AvgIpc) is 3.06. The van der Waals surface area contributed by atoms with Crippen LogP contribution in [0.4, 0.5) is 11.4 Å². The lowest BCUT2D eigenvalue weighted by Crippen LogP contribution is -1.99. The molecular formula is C19H14N4O3S. The van der Waals surface area contributed by atoms with Crippen LogP contribution in [0.5, 0.6) is 11.5 Å². The molecule has 0 radical (unpaired) electrons. The van der Waals surface area contributed by atoms with E-state index in [1.54, 1.807) is 20.3 Å². The Morgan fingerprint density at radius 3 is 2.81 bits per heavy atom. The maximum Gasteiger partial charge on any atom is 0.305 e. The molecule has 4 rings (SSSR count). The number of nitrogens with one attached hydrogen (secondary N) is 2. The SMILES string of the molecule is COc1ccc2c(Nc3ccc4[nH]c(=O)sc4c3)c(C#N)cnc2c1OC. The summed E-state index contributed by atoms with van der Waals surface area (Å²) < 4.78 is 11.6. The van der Waals surface area contributed by atoms with E-state index in [9.17, 15) is 10.1 Å². The Kier molecular flexibility index (Phi) is 4.14. The van der Waals surface area contributed by atoms with Crippen molar-refractivity contribution in [1.29, 1.82) is 5.26 Å². The van der Waals surface area contributed by atoms with Crippen molar-refractivity contribution in [1.82, 2.24) is 9.97 Å². The van der Waals surface area contributed by atoms with Gasteiger partial charge in [-0.15, -0.1) is 0 Å². The van der Waals surface area contributed by atoms with Crippen LogP contribution >= 0.6 is 11.3 Å². The number of fused-ring (bicyclic) bond motifs is 2. The minimum Gasteiger partial charge on any atom is -0.493 e. The van der Waals surface area contributed by atoms with E-state index in [1.807, 2.05) is 24.3 Å². The summed E-state index contributed by atoms with van der Waals surface area (Å²) in [5, 5.41) is 13.5. The molecule has 0 spiro atoms. The summed E-state index contributed by atoms with van der Waals surface area (Å²) in [6, 6.07) is 11.3. The molecule has 8 heteroatoms. The van der Waals surface area contributed by atoms with Gasteiger partial charge in [-0.05, 0) is 30.3 Å². The molecule has 0 aliphatic rings. The van der Waals surface area contributed by atoms with Crippen LogP contribution in [0.15, 0.2) is 41.3 Å². The van der Waals surface area contributed by atoms with Crippen LogP contribution in [0.2, 0.25) is 0 Å². The first kappa shape index (κ1) is 16.9. The van der Waals surface area contributed by atoms with Gasteiger partial charge < -0.3 is 19.8 Å². The van der Waals surface area contributed by atoms with Gasteiger partial charge in [0.2, 0.25) is 0 Å². The molecule has 0 aliphatic carbocycles. The Morgan fingerprint density at radius 2 is 2.07 bits per heavy atom. The zero-order chi connectivity index (χ0) is 19.0. The lowest BCUT2D eigenvalue weighted by atomic mass is 10.1. The van der Waals surface area contributed by atoms with Gasteiger partial charge >= 0.3 is 4.87 Å². The van der Waals surface area contributed by atoms with E-state index in [0.29, 0.717) is 28.3 Å². The number of hydrogen-bond donors (Lipinski definition) is 2. The van der Waals surface area contributed by atoms with Crippen molar-refractivity contribution < 1.29 is 9.47 Å². The highest BCUT2D eigenvalue weighted by Crippen LogP contribution is 2.39. The van der Waals surface area contributed by atoms with E-state index in [-0.39, 0.29) is 4.87 Å². The first-order chi connectivity index (χ1) is 13.1. The maximum atomic E-state index is 11.5. The molecular weight excluding hydrogens is 364 g/mol. The second-order valence-electron chi connectivity index (χ2n) is 5.71. The van der Waals surface area contributed by atoms with Crippen molar-refractivity contribution in [2.24, 2.45) is 0 Å². The number of H-pyrrole nitrogens is 1. The fourth-order valence-electron chi connectivity index (χ4n) is 2.97. The van der Waals surface area contributed by atoms with Crippen LogP contribution in [0.25, 0.3) is 21.1 Å². The zero-order valence-electron chi connectivity index (χ0n) is 14.5. The lowest BCUT2D eigenvalue weighted by molar-refractivity contribution is 0.358. The molecule has 0 unspecified atom stereocenters. The number of aromatic amines is 1. The van der Waals surface area contributed by atoms with Crippen molar-refractivity contribution in [3.05, 3.63) is 51.8 Å². The number of rotatable bonds is 4. The van der Waals surface area contributed by atoms with E-state index in [2.05, 4.69) is 21.4 Å². The fourth-order valence-corrected chi connectivity index (χ4v) is 3.74. The minimum absolute atomic E-state index is 0.106. The van der Waals surface area contributed by atoms with Crippen LogP contribution < -0.4 is 19.7 Å². The monoisotopic (exact) mass is 378 g/mol. The zero-order valence-corrected chi connectivity index (χ0v) is 15.3. The molecule has 2 N–H and O–H groups in total. The average molecular weight is 378 g/mol. The van der Waals surface area contributed by atoms with Gasteiger partial charge in [0.25, 0.3) is 0 Å². The first-order valence-corrected chi connectivity index (χ1v) is 8.80. The molecule has 2 heterocycles. The number of anilines is 2. The van der Waals surface area contributed by atoms with Gasteiger partial charge in [-0.2, -0.15) is 5.26 Å². The number of pyridine rings is 1. The molecule has 0 amide bonds. The van der Waals surface area contributed by atoms with Gasteiger partial charge in [0.1, 0.15) is 11.6 Å². The standard InChI is InChI=1S/C19H14N4O3S/c1-25-14-6-4-12-16(10(8-20)9-21-17(12)18(14)26-2)22-11-3-5-13-15(7-11)27-19(24)23-13/h3-7,9H,1-2H3,(H,21,22)(H,23,24). The van der Waals surface area contributed by atoms with E-state index in [4.69, 9.17) is 9.47 Å². The molecule has 4 aromatic rings. The molecule has 2 aromatic carbocycles. The van der Waals surface area contributed by atoms with Crippen LogP contribution in [0.1, 0.15) is 5.56 Å². The molecule has 134 valence electrons. The normalized spacial score (nSPS) is 10.7. The van der Waals surface area contributed by atoms with Gasteiger partial charge in [0.15, 0.2) is 11.5 Å². The van der Waals surface area contributed by atoms with Crippen molar-refractivity contribution in [3.63, 3.8) is 0 Å². The molecule has 0 atom stereocenters. The molecule has 27 heavy (non-hydrogen) atoms. The van der Waals surface area contributed by atoms with Crippen molar-refractivity contribution in [3.8, 4) is 17.6 Å². The van der Waals surface area contributed by atoms with E-state index >= 15 is 0 Å². The van der Waals surface area contributed by atoms with Gasteiger partial charge in [-0.1, -0.05) is 11.3 Å². The number of ether oxygens (including phenoxy) is 2. The van der Waals surface area contributed by atoms with Gasteiger partial charge in [0, 0.05) is 17.3 Å². The second kappa shape index (κ2) is 6.63. The third kappa shape index (κ3) is 2.84. The summed E-state index contributed by atoms with van der Waals surface area (Å²) in [7, 11) is 3.11. The van der Waals surface area contributed by atoms with Crippen molar-refractivity contribution >= 4 is 43.8 Å². The molecule has 0 saturated heterocycles. The molecule has 0 aliphatic heterocycles. The highest BCUT2D eigenvalue weighted by molar-refractivity contribution is 7.16. The van der Waals surface area contributed by atoms with Gasteiger partial charge in [-0.25, -0.2) is 0 Å². The maximum absolute atomic E-state index is 11.5. The largest absolute Gasteiger partial charge is 0.493 e. The Morgan fingerprint density at radius 1 is 1.22 bits per heavy atom.